The Hall–Kier alpha value is -6.90. The zero-order valence-electron chi connectivity index (χ0n) is 30.8. The fourth-order valence-electron chi connectivity index (χ4n) is 8.97. The molecule has 0 saturated carbocycles. The second kappa shape index (κ2) is 12.1. The van der Waals surface area contributed by atoms with Gasteiger partial charge in [-0.05, 0) is 121 Å². The number of para-hydroxylation sites is 1. The fourth-order valence-corrected chi connectivity index (χ4v) is 8.97. The van der Waals surface area contributed by atoms with E-state index in [1.165, 1.54) is 71.7 Å². The Kier molecular flexibility index (Phi) is 6.93. The first-order valence-corrected chi connectivity index (χ1v) is 19.1. The molecule has 1 heterocycles. The fraction of sp³-hybridized carbons (Fsp3) is 0.0566. The molecule has 2 heteroatoms. The maximum atomic E-state index is 6.18. The molecule has 55 heavy (non-hydrogen) atoms. The maximum Gasteiger partial charge on any atom is 0.136 e. The number of fused-ring (bicyclic) bond motifs is 8. The third-order valence-corrected chi connectivity index (χ3v) is 11.8. The molecule has 2 nitrogen and oxygen atoms in total. The van der Waals surface area contributed by atoms with Crippen LogP contribution in [0.5, 0.6) is 0 Å². The van der Waals surface area contributed by atoms with Crippen LogP contribution in [0.15, 0.2) is 192 Å². The minimum Gasteiger partial charge on any atom is -0.456 e. The van der Waals surface area contributed by atoms with Crippen LogP contribution in [0.25, 0.3) is 76.9 Å². The molecule has 1 aliphatic carbocycles. The van der Waals surface area contributed by atoms with E-state index in [4.69, 9.17) is 4.42 Å². The van der Waals surface area contributed by atoms with Gasteiger partial charge in [-0.2, -0.15) is 0 Å². The number of furan rings is 1. The maximum absolute atomic E-state index is 6.18. The standard InChI is InChI=1S/C53H37NO/c1-53(2)47-14-7-5-13-45(47)52-48(53)15-9-16-49(52)54(42-26-22-35(23-27-42)38-19-18-34-10-3-4-11-37(34)30-38)43-28-24-36(25-29-43)39-20-21-40-33-51-46(32-41(40)31-39)44-12-6-8-17-50(44)55-51/h3-33H,1-2H3. The first-order valence-electron chi connectivity index (χ1n) is 19.1. The van der Waals surface area contributed by atoms with E-state index in [0.29, 0.717) is 0 Å². The van der Waals surface area contributed by atoms with Gasteiger partial charge in [-0.25, -0.2) is 0 Å². The normalized spacial score (nSPS) is 13.1. The topological polar surface area (TPSA) is 16.4 Å². The molecule has 260 valence electrons. The van der Waals surface area contributed by atoms with Crippen molar-refractivity contribution in [3.63, 3.8) is 0 Å². The van der Waals surface area contributed by atoms with Crippen molar-refractivity contribution in [3.05, 3.63) is 199 Å². The van der Waals surface area contributed by atoms with Crippen LogP contribution in [0, 0.1) is 0 Å². The van der Waals surface area contributed by atoms with Crippen LogP contribution in [-0.4, -0.2) is 0 Å². The summed E-state index contributed by atoms with van der Waals surface area (Å²) in [5.41, 5.74) is 15.3. The molecular weight excluding hydrogens is 667 g/mol. The zero-order valence-corrected chi connectivity index (χ0v) is 30.8. The lowest BCUT2D eigenvalue weighted by Crippen LogP contribution is -2.16. The monoisotopic (exact) mass is 703 g/mol. The molecule has 0 radical (unpaired) electrons. The quantitative estimate of drug-likeness (QED) is 0.177. The average molecular weight is 704 g/mol. The summed E-state index contributed by atoms with van der Waals surface area (Å²) in [5.74, 6) is 0. The molecule has 11 rings (SSSR count). The predicted octanol–water partition coefficient (Wildman–Crippen LogP) is 15.0. The van der Waals surface area contributed by atoms with Gasteiger partial charge >= 0.3 is 0 Å². The van der Waals surface area contributed by atoms with Crippen LogP contribution in [-0.2, 0) is 5.41 Å². The lowest BCUT2D eigenvalue weighted by molar-refractivity contribution is 0.660. The Morgan fingerprint density at radius 3 is 1.75 bits per heavy atom. The van der Waals surface area contributed by atoms with E-state index in [9.17, 15) is 0 Å². The molecule has 0 N–H and O–H groups in total. The predicted molar refractivity (Wildman–Crippen MR) is 232 cm³/mol. The van der Waals surface area contributed by atoms with Gasteiger partial charge in [0.2, 0.25) is 0 Å². The molecule has 0 bridgehead atoms. The molecule has 0 atom stereocenters. The van der Waals surface area contributed by atoms with Crippen LogP contribution < -0.4 is 4.90 Å². The Bertz CT molecular complexity index is 3110. The number of benzene rings is 9. The first-order chi connectivity index (χ1) is 27.0. The molecule has 1 aromatic heterocycles. The zero-order chi connectivity index (χ0) is 36.7. The Morgan fingerprint density at radius 2 is 0.982 bits per heavy atom. The van der Waals surface area contributed by atoms with Crippen LogP contribution >= 0.6 is 0 Å². The number of hydrogen-bond acceptors (Lipinski definition) is 2. The van der Waals surface area contributed by atoms with Gasteiger partial charge in [0, 0.05) is 33.1 Å². The summed E-state index contributed by atoms with van der Waals surface area (Å²) >= 11 is 0. The highest BCUT2D eigenvalue weighted by Gasteiger charge is 2.37. The molecule has 0 aliphatic heterocycles. The summed E-state index contributed by atoms with van der Waals surface area (Å²) in [6, 6.07) is 68.6. The van der Waals surface area contributed by atoms with Gasteiger partial charge in [-0.15, -0.1) is 0 Å². The van der Waals surface area contributed by atoms with Crippen molar-refractivity contribution >= 4 is 60.5 Å². The van der Waals surface area contributed by atoms with Gasteiger partial charge < -0.3 is 9.32 Å². The van der Waals surface area contributed by atoms with Gasteiger partial charge in [0.15, 0.2) is 0 Å². The Labute approximate surface area is 320 Å². The minimum atomic E-state index is -0.0954. The highest BCUT2D eigenvalue weighted by atomic mass is 16.3. The average Bonchev–Trinajstić information content (AvgIpc) is 3.71. The SMILES string of the molecule is CC1(C)c2ccccc2-c2c(N(c3ccc(-c4ccc5ccccc5c4)cc3)c3ccc(-c4ccc5cc6oc7ccccc7c6cc5c4)cc3)cccc21. The van der Waals surface area contributed by atoms with Crippen molar-refractivity contribution in [1.82, 2.24) is 0 Å². The van der Waals surface area contributed by atoms with Crippen molar-refractivity contribution in [2.24, 2.45) is 0 Å². The van der Waals surface area contributed by atoms with Gasteiger partial charge in [-0.1, -0.05) is 141 Å². The van der Waals surface area contributed by atoms with Crippen LogP contribution in [0.2, 0.25) is 0 Å². The molecule has 0 spiro atoms. The Balaban J connectivity index is 1.02. The molecule has 0 fully saturated rings. The van der Waals surface area contributed by atoms with Gasteiger partial charge in [0.05, 0.1) is 5.69 Å². The van der Waals surface area contributed by atoms with Crippen molar-refractivity contribution < 1.29 is 4.42 Å². The lowest BCUT2D eigenvalue weighted by atomic mass is 9.82. The van der Waals surface area contributed by atoms with E-state index in [1.807, 2.05) is 12.1 Å². The van der Waals surface area contributed by atoms with Crippen molar-refractivity contribution in [3.8, 4) is 33.4 Å². The molecule has 10 aromatic rings. The first kappa shape index (κ1) is 31.6. The number of nitrogens with zero attached hydrogens (tertiary/aromatic N) is 1. The lowest BCUT2D eigenvalue weighted by Gasteiger charge is -2.29. The number of rotatable bonds is 5. The summed E-state index contributed by atoms with van der Waals surface area (Å²) in [5, 5.41) is 7.19. The third kappa shape index (κ3) is 5.02. The second-order valence-corrected chi connectivity index (χ2v) is 15.4. The minimum absolute atomic E-state index is 0.0954. The summed E-state index contributed by atoms with van der Waals surface area (Å²) in [4.78, 5) is 2.44. The molecule has 1 aliphatic rings. The van der Waals surface area contributed by atoms with Crippen LogP contribution in [0.1, 0.15) is 25.0 Å². The largest absolute Gasteiger partial charge is 0.456 e. The van der Waals surface area contributed by atoms with E-state index in [-0.39, 0.29) is 5.41 Å². The summed E-state index contributed by atoms with van der Waals surface area (Å²) in [7, 11) is 0. The highest BCUT2D eigenvalue weighted by Crippen LogP contribution is 2.54. The summed E-state index contributed by atoms with van der Waals surface area (Å²) < 4.78 is 6.18. The van der Waals surface area contributed by atoms with E-state index in [2.05, 4.69) is 195 Å². The smallest absolute Gasteiger partial charge is 0.136 e. The van der Waals surface area contributed by atoms with E-state index < -0.39 is 0 Å². The second-order valence-electron chi connectivity index (χ2n) is 15.4. The van der Waals surface area contributed by atoms with Gasteiger partial charge in [0.1, 0.15) is 11.2 Å². The molecule has 0 amide bonds. The highest BCUT2D eigenvalue weighted by molar-refractivity contribution is 6.10. The third-order valence-electron chi connectivity index (χ3n) is 11.8. The van der Waals surface area contributed by atoms with Crippen molar-refractivity contribution in [1.29, 1.82) is 0 Å². The number of anilines is 3. The molecule has 9 aromatic carbocycles. The van der Waals surface area contributed by atoms with Crippen molar-refractivity contribution in [2.45, 2.75) is 19.3 Å². The van der Waals surface area contributed by atoms with E-state index >= 15 is 0 Å². The summed E-state index contributed by atoms with van der Waals surface area (Å²) in [6.07, 6.45) is 0. The molecular formula is C53H37NO. The summed E-state index contributed by atoms with van der Waals surface area (Å²) in [6.45, 7) is 4.70. The van der Waals surface area contributed by atoms with E-state index in [0.717, 1.165) is 33.3 Å². The van der Waals surface area contributed by atoms with Gasteiger partial charge in [0.25, 0.3) is 0 Å². The van der Waals surface area contributed by atoms with E-state index in [1.54, 1.807) is 0 Å². The van der Waals surface area contributed by atoms with Crippen LogP contribution in [0.4, 0.5) is 17.1 Å². The van der Waals surface area contributed by atoms with Crippen LogP contribution in [0.3, 0.4) is 0 Å². The molecule has 0 unspecified atom stereocenters. The van der Waals surface area contributed by atoms with Gasteiger partial charge in [-0.3, -0.25) is 0 Å². The van der Waals surface area contributed by atoms with Crippen molar-refractivity contribution in [2.75, 3.05) is 4.90 Å². The number of hydrogen-bond donors (Lipinski definition) is 0. The Morgan fingerprint density at radius 1 is 0.400 bits per heavy atom. The molecule has 0 saturated heterocycles.